The Morgan fingerprint density at radius 1 is 0.905 bits per heavy atom. The van der Waals surface area contributed by atoms with Crippen molar-refractivity contribution in [3.63, 3.8) is 0 Å². The Morgan fingerprint density at radius 2 is 1.62 bits per heavy atom. The van der Waals surface area contributed by atoms with Crippen LogP contribution in [0, 0.1) is 11.3 Å². The molecule has 2 N–H and O–H groups in total. The minimum Gasteiger partial charge on any atom is -0.397 e. The predicted molar refractivity (Wildman–Crippen MR) is 84.8 cm³/mol. The minimum absolute atomic E-state index is 0.465. The van der Waals surface area contributed by atoms with Crippen molar-refractivity contribution in [3.8, 4) is 6.07 Å². The third-order valence-electron chi connectivity index (χ3n) is 3.41. The maximum absolute atomic E-state index is 9.42. The molecule has 0 aliphatic rings. The number of nitrogens with two attached hydrogens (primary N) is 1. The second-order valence-corrected chi connectivity index (χ2v) is 4.70. The number of allylic oxidation sites excluding steroid dienone is 1. The second kappa shape index (κ2) is 5.48. The number of rotatable bonds is 2. The van der Waals surface area contributed by atoms with Gasteiger partial charge in [-0.3, -0.25) is 4.98 Å². The molecular formula is C18H13N3. The van der Waals surface area contributed by atoms with E-state index in [2.05, 4.69) is 11.1 Å². The summed E-state index contributed by atoms with van der Waals surface area (Å²) in [5.74, 6) is 0. The number of pyridine rings is 1. The molecule has 0 atom stereocenters. The quantitative estimate of drug-likeness (QED) is 0.724. The van der Waals surface area contributed by atoms with Gasteiger partial charge in [-0.25, -0.2) is 0 Å². The molecule has 0 aliphatic heterocycles. The van der Waals surface area contributed by atoms with Crippen LogP contribution in [0.25, 0.3) is 22.0 Å². The summed E-state index contributed by atoms with van der Waals surface area (Å²) in [7, 11) is 0. The topological polar surface area (TPSA) is 62.7 Å². The van der Waals surface area contributed by atoms with Gasteiger partial charge in [0.2, 0.25) is 0 Å². The number of benzene rings is 2. The monoisotopic (exact) mass is 271 g/mol. The van der Waals surface area contributed by atoms with Gasteiger partial charge in [-0.1, -0.05) is 36.4 Å². The molecule has 0 saturated heterocycles. The molecular weight excluding hydrogens is 258 g/mol. The van der Waals surface area contributed by atoms with Crippen LogP contribution in [0.5, 0.6) is 0 Å². The highest BCUT2D eigenvalue weighted by Gasteiger charge is 2.08. The summed E-state index contributed by atoms with van der Waals surface area (Å²) in [5, 5.41) is 11.7. The molecule has 0 bridgehead atoms. The van der Waals surface area contributed by atoms with E-state index in [4.69, 9.17) is 5.73 Å². The van der Waals surface area contributed by atoms with Gasteiger partial charge in [-0.15, -0.1) is 0 Å². The van der Waals surface area contributed by atoms with Gasteiger partial charge in [-0.2, -0.15) is 5.26 Å². The van der Waals surface area contributed by atoms with E-state index in [1.807, 2.05) is 42.5 Å². The van der Waals surface area contributed by atoms with E-state index < -0.39 is 0 Å². The number of nitriles is 1. The average molecular weight is 271 g/mol. The summed E-state index contributed by atoms with van der Waals surface area (Å²) in [6.07, 6.45) is 3.31. The molecule has 3 aromatic rings. The van der Waals surface area contributed by atoms with Gasteiger partial charge in [0.15, 0.2) is 0 Å². The van der Waals surface area contributed by atoms with E-state index in [9.17, 15) is 5.26 Å². The van der Waals surface area contributed by atoms with E-state index in [-0.39, 0.29) is 0 Å². The zero-order valence-corrected chi connectivity index (χ0v) is 11.3. The minimum atomic E-state index is 0.465. The van der Waals surface area contributed by atoms with Crippen molar-refractivity contribution in [2.45, 2.75) is 0 Å². The molecule has 2 aromatic carbocycles. The Labute approximate surface area is 123 Å². The first-order valence-corrected chi connectivity index (χ1v) is 6.59. The van der Waals surface area contributed by atoms with E-state index in [1.54, 1.807) is 24.5 Å². The SMILES string of the molecule is N#C/C(=C(/N)c1ccc2ccccc2c1)c1ccncc1. The first kappa shape index (κ1) is 12.9. The Bertz CT molecular complexity index is 858. The van der Waals surface area contributed by atoms with Crippen LogP contribution in [0.2, 0.25) is 0 Å². The molecule has 100 valence electrons. The summed E-state index contributed by atoms with van der Waals surface area (Å²) in [6, 6.07) is 19.8. The second-order valence-electron chi connectivity index (χ2n) is 4.70. The van der Waals surface area contributed by atoms with Crippen molar-refractivity contribution in [3.05, 3.63) is 78.1 Å². The van der Waals surface area contributed by atoms with Crippen molar-refractivity contribution in [2.75, 3.05) is 0 Å². The third kappa shape index (κ3) is 2.47. The Hall–Kier alpha value is -3.12. The lowest BCUT2D eigenvalue weighted by atomic mass is 9.99. The van der Waals surface area contributed by atoms with Gasteiger partial charge < -0.3 is 5.73 Å². The zero-order valence-electron chi connectivity index (χ0n) is 11.3. The summed E-state index contributed by atoms with van der Waals surface area (Å²) in [5.41, 5.74) is 8.78. The van der Waals surface area contributed by atoms with Crippen LogP contribution in [-0.4, -0.2) is 4.98 Å². The number of nitrogens with zero attached hydrogens (tertiary/aromatic N) is 2. The Kier molecular flexibility index (Phi) is 3.36. The fourth-order valence-corrected chi connectivity index (χ4v) is 2.30. The van der Waals surface area contributed by atoms with Gasteiger partial charge in [-0.05, 0) is 40.1 Å². The Morgan fingerprint density at radius 3 is 2.33 bits per heavy atom. The van der Waals surface area contributed by atoms with Crippen molar-refractivity contribution < 1.29 is 0 Å². The summed E-state index contributed by atoms with van der Waals surface area (Å²) < 4.78 is 0. The number of hydrogen-bond acceptors (Lipinski definition) is 3. The fraction of sp³-hybridized carbons (Fsp3) is 0. The van der Waals surface area contributed by atoms with Gasteiger partial charge >= 0.3 is 0 Å². The lowest BCUT2D eigenvalue weighted by Crippen LogP contribution is -2.00. The van der Waals surface area contributed by atoms with Crippen molar-refractivity contribution in [1.29, 1.82) is 5.26 Å². The van der Waals surface area contributed by atoms with Gasteiger partial charge in [0, 0.05) is 12.4 Å². The molecule has 3 nitrogen and oxygen atoms in total. The molecule has 0 amide bonds. The van der Waals surface area contributed by atoms with Crippen LogP contribution in [0.3, 0.4) is 0 Å². The van der Waals surface area contributed by atoms with E-state index in [0.717, 1.165) is 21.9 Å². The maximum atomic E-state index is 9.42. The lowest BCUT2D eigenvalue weighted by Gasteiger charge is -2.07. The largest absolute Gasteiger partial charge is 0.397 e. The van der Waals surface area contributed by atoms with Gasteiger partial charge in [0.05, 0.1) is 11.3 Å². The zero-order chi connectivity index (χ0) is 14.7. The fourth-order valence-electron chi connectivity index (χ4n) is 2.30. The van der Waals surface area contributed by atoms with E-state index in [1.165, 1.54) is 0 Å². The highest BCUT2D eigenvalue weighted by atomic mass is 14.6. The summed E-state index contributed by atoms with van der Waals surface area (Å²) in [4.78, 5) is 3.96. The molecule has 3 heteroatoms. The van der Waals surface area contributed by atoms with Crippen LogP contribution >= 0.6 is 0 Å². The molecule has 0 saturated carbocycles. The summed E-state index contributed by atoms with van der Waals surface area (Å²) in [6.45, 7) is 0. The maximum Gasteiger partial charge on any atom is 0.102 e. The molecule has 0 fully saturated rings. The predicted octanol–water partition coefficient (Wildman–Crippen LogP) is 3.59. The van der Waals surface area contributed by atoms with Crippen LogP contribution in [0.1, 0.15) is 11.1 Å². The van der Waals surface area contributed by atoms with Crippen molar-refractivity contribution in [1.82, 2.24) is 4.98 Å². The van der Waals surface area contributed by atoms with Crippen molar-refractivity contribution in [2.24, 2.45) is 5.73 Å². The lowest BCUT2D eigenvalue weighted by molar-refractivity contribution is 1.32. The first-order chi connectivity index (χ1) is 10.3. The molecule has 0 radical (unpaired) electrons. The molecule has 0 unspecified atom stereocenters. The third-order valence-corrected chi connectivity index (χ3v) is 3.41. The highest BCUT2D eigenvalue weighted by molar-refractivity contribution is 5.98. The molecule has 21 heavy (non-hydrogen) atoms. The van der Waals surface area contributed by atoms with Crippen LogP contribution in [0.15, 0.2) is 67.0 Å². The molecule has 1 heterocycles. The van der Waals surface area contributed by atoms with Crippen LogP contribution in [-0.2, 0) is 0 Å². The molecule has 3 rings (SSSR count). The Balaban J connectivity index is 2.16. The number of fused-ring (bicyclic) bond motifs is 1. The standard InChI is InChI=1S/C18H13N3/c19-12-17(14-7-9-21-10-8-14)18(20)16-6-5-13-3-1-2-4-15(13)11-16/h1-11H,20H2/b18-17-. The van der Waals surface area contributed by atoms with Crippen molar-refractivity contribution >= 4 is 22.0 Å². The number of aromatic nitrogens is 1. The average Bonchev–Trinajstić information content (AvgIpc) is 2.56. The normalized spacial score (nSPS) is 11.8. The molecule has 0 spiro atoms. The highest BCUT2D eigenvalue weighted by Crippen LogP contribution is 2.24. The summed E-state index contributed by atoms with van der Waals surface area (Å²) >= 11 is 0. The van der Waals surface area contributed by atoms with E-state index >= 15 is 0 Å². The van der Waals surface area contributed by atoms with Gasteiger partial charge in [0.1, 0.15) is 6.07 Å². The smallest absolute Gasteiger partial charge is 0.102 e. The van der Waals surface area contributed by atoms with Gasteiger partial charge in [0.25, 0.3) is 0 Å². The van der Waals surface area contributed by atoms with Crippen LogP contribution in [0.4, 0.5) is 0 Å². The number of hydrogen-bond donors (Lipinski definition) is 1. The first-order valence-electron chi connectivity index (χ1n) is 6.59. The van der Waals surface area contributed by atoms with E-state index in [0.29, 0.717) is 11.3 Å². The van der Waals surface area contributed by atoms with Crippen LogP contribution < -0.4 is 5.73 Å². The molecule has 1 aromatic heterocycles. The molecule has 0 aliphatic carbocycles.